The van der Waals surface area contributed by atoms with Gasteiger partial charge in [-0.25, -0.2) is 0 Å². The molecule has 0 bridgehead atoms. The summed E-state index contributed by atoms with van der Waals surface area (Å²) in [6, 6.07) is 1.49. The highest BCUT2D eigenvalue weighted by atomic mass is 16.6. The molecule has 0 spiro atoms. The third-order valence-electron chi connectivity index (χ3n) is 8.61. The summed E-state index contributed by atoms with van der Waals surface area (Å²) in [5.41, 5.74) is 0. The van der Waals surface area contributed by atoms with Crippen molar-refractivity contribution in [1.29, 1.82) is 0 Å². The van der Waals surface area contributed by atoms with Crippen molar-refractivity contribution in [3.8, 4) is 0 Å². The van der Waals surface area contributed by atoms with Crippen LogP contribution >= 0.6 is 0 Å². The number of esters is 1. The summed E-state index contributed by atoms with van der Waals surface area (Å²) in [6.45, 7) is 5.12. The number of hydrogen-bond donors (Lipinski definition) is 2. The fourth-order valence-electron chi connectivity index (χ4n) is 7.01. The minimum atomic E-state index is -0.232. The van der Waals surface area contributed by atoms with Gasteiger partial charge in [-0.1, -0.05) is 0 Å². The van der Waals surface area contributed by atoms with Crippen molar-refractivity contribution in [3.05, 3.63) is 0 Å². The number of nitrogens with zero attached hydrogens (tertiary/aromatic N) is 2. The Morgan fingerprint density at radius 1 is 1.12 bits per heavy atom. The summed E-state index contributed by atoms with van der Waals surface area (Å²) in [6.07, 6.45) is 5.19. The predicted octanol–water partition coefficient (Wildman–Crippen LogP) is -0.00190. The number of methoxy groups -OCH3 is 3. The van der Waals surface area contributed by atoms with Crippen LogP contribution in [0.5, 0.6) is 0 Å². The molecule has 3 heterocycles. The van der Waals surface area contributed by atoms with Gasteiger partial charge >= 0.3 is 5.97 Å². The Balaban J connectivity index is 1.17. The molecule has 8 unspecified atom stereocenters. The summed E-state index contributed by atoms with van der Waals surface area (Å²) in [7, 11) is 5.14. The van der Waals surface area contributed by atoms with Crippen molar-refractivity contribution >= 4 is 5.97 Å². The van der Waals surface area contributed by atoms with E-state index < -0.39 is 0 Å². The molecule has 0 amide bonds. The van der Waals surface area contributed by atoms with Gasteiger partial charge in [0.25, 0.3) is 0 Å². The second kappa shape index (κ2) is 9.82. The number of carbonyl (C=O) groups excluding carboxylic acids is 1. The topological polar surface area (TPSA) is 84.5 Å². The molecule has 9 heteroatoms. The van der Waals surface area contributed by atoms with Crippen LogP contribution in [-0.2, 0) is 23.7 Å². The molecule has 0 radical (unpaired) electrons. The highest BCUT2D eigenvalue weighted by molar-refractivity contribution is 5.76. The summed E-state index contributed by atoms with van der Waals surface area (Å²) >= 11 is 0. The summed E-state index contributed by atoms with van der Waals surface area (Å²) < 4.78 is 22.4. The molecule has 3 saturated heterocycles. The van der Waals surface area contributed by atoms with Crippen molar-refractivity contribution in [1.82, 2.24) is 20.4 Å². The quantitative estimate of drug-likeness (QED) is 0.519. The molecule has 0 aromatic carbocycles. The number of rotatable bonds is 7. The lowest BCUT2D eigenvalue weighted by molar-refractivity contribution is -0.153. The summed E-state index contributed by atoms with van der Waals surface area (Å²) in [5.74, 6) is -0.208. The Morgan fingerprint density at radius 2 is 2.00 bits per heavy atom. The number of piperazine rings is 1. The van der Waals surface area contributed by atoms with Gasteiger partial charge in [-0.15, -0.1) is 0 Å². The van der Waals surface area contributed by atoms with Crippen LogP contribution in [0, 0.1) is 11.8 Å². The Labute approximate surface area is 191 Å². The van der Waals surface area contributed by atoms with Crippen LogP contribution in [0.25, 0.3) is 0 Å². The normalized spacial score (nSPS) is 44.7. The largest absolute Gasteiger partial charge is 0.446 e. The van der Waals surface area contributed by atoms with Crippen LogP contribution < -0.4 is 10.6 Å². The van der Waals surface area contributed by atoms with E-state index in [1.807, 2.05) is 0 Å². The molecular formula is C23H40N4O5. The van der Waals surface area contributed by atoms with E-state index in [9.17, 15) is 4.79 Å². The van der Waals surface area contributed by atoms with Gasteiger partial charge in [0.05, 0.1) is 30.9 Å². The van der Waals surface area contributed by atoms with Gasteiger partial charge in [0, 0.05) is 71.6 Å². The molecule has 182 valence electrons. The second-order valence-electron chi connectivity index (χ2n) is 10.2. The van der Waals surface area contributed by atoms with E-state index in [-0.39, 0.29) is 36.2 Å². The Bertz CT molecular complexity index is 668. The minimum Gasteiger partial charge on any atom is -0.446 e. The molecule has 32 heavy (non-hydrogen) atoms. The third-order valence-corrected chi connectivity index (χ3v) is 8.61. The van der Waals surface area contributed by atoms with E-state index in [1.165, 1.54) is 6.42 Å². The molecule has 5 aliphatic rings. The molecule has 2 saturated carbocycles. The van der Waals surface area contributed by atoms with Gasteiger partial charge in [-0.3, -0.25) is 25.2 Å². The van der Waals surface area contributed by atoms with Gasteiger partial charge in [-0.05, 0) is 32.1 Å². The highest BCUT2D eigenvalue weighted by Gasteiger charge is 2.54. The van der Waals surface area contributed by atoms with Crippen LogP contribution in [0.15, 0.2) is 0 Å². The van der Waals surface area contributed by atoms with Crippen molar-refractivity contribution in [2.45, 2.75) is 74.8 Å². The van der Waals surface area contributed by atoms with Crippen molar-refractivity contribution in [3.63, 3.8) is 0 Å². The second-order valence-corrected chi connectivity index (χ2v) is 10.2. The minimum absolute atomic E-state index is 0.0356. The zero-order valence-corrected chi connectivity index (χ0v) is 19.7. The predicted molar refractivity (Wildman–Crippen MR) is 118 cm³/mol. The van der Waals surface area contributed by atoms with Gasteiger partial charge in [0.2, 0.25) is 0 Å². The van der Waals surface area contributed by atoms with E-state index >= 15 is 0 Å². The maximum atomic E-state index is 12.7. The molecule has 5 rings (SSSR count). The smallest absolute Gasteiger partial charge is 0.313 e. The van der Waals surface area contributed by atoms with Gasteiger partial charge < -0.3 is 18.9 Å². The monoisotopic (exact) mass is 452 g/mol. The average Bonchev–Trinajstić information content (AvgIpc) is 3.33. The fourth-order valence-corrected chi connectivity index (χ4v) is 7.01. The molecular weight excluding hydrogens is 412 g/mol. The zero-order chi connectivity index (χ0) is 22.2. The van der Waals surface area contributed by atoms with E-state index in [1.54, 1.807) is 21.3 Å². The van der Waals surface area contributed by atoms with Crippen LogP contribution in [0.3, 0.4) is 0 Å². The molecule has 2 aliphatic carbocycles. The van der Waals surface area contributed by atoms with E-state index in [0.717, 1.165) is 58.5 Å². The lowest BCUT2D eigenvalue weighted by Crippen LogP contribution is -2.55. The molecule has 0 aromatic heterocycles. The zero-order valence-electron chi connectivity index (χ0n) is 19.7. The Morgan fingerprint density at radius 3 is 2.78 bits per heavy atom. The SMILES string of the molecule is COCCN1CCN2C(C1)NC1CC(N[C@H]3OC(=O)C4C(OC)C(OC)CCC43)CCC12. The number of fused-ring (bicyclic) bond motifs is 4. The van der Waals surface area contributed by atoms with Crippen molar-refractivity contribution in [2.24, 2.45) is 11.8 Å². The third kappa shape index (κ3) is 4.21. The maximum Gasteiger partial charge on any atom is 0.313 e. The van der Waals surface area contributed by atoms with Crippen LogP contribution in [-0.4, -0.2) is 113 Å². The van der Waals surface area contributed by atoms with E-state index in [2.05, 4.69) is 20.4 Å². The Hall–Kier alpha value is -0.810. The molecule has 0 aromatic rings. The molecule has 2 N–H and O–H groups in total. The first-order valence-corrected chi connectivity index (χ1v) is 12.4. The van der Waals surface area contributed by atoms with Gasteiger partial charge in [0.15, 0.2) is 6.23 Å². The van der Waals surface area contributed by atoms with Gasteiger partial charge in [-0.2, -0.15) is 0 Å². The number of nitrogens with one attached hydrogen (secondary N) is 2. The number of hydrogen-bond acceptors (Lipinski definition) is 9. The van der Waals surface area contributed by atoms with Crippen LogP contribution in [0.4, 0.5) is 0 Å². The maximum absolute atomic E-state index is 12.7. The Kier molecular flexibility index (Phi) is 7.04. The number of cyclic esters (lactones) is 1. The standard InChI is InChI=1S/C23H40N4O5/c1-29-11-10-26-8-9-27-17-6-4-14(12-16(17)25-19(27)13-26)24-22-15-5-7-18(30-2)21(31-3)20(15)23(28)32-22/h14-22,24-25H,4-13H2,1-3H3/t14?,15?,16?,17?,18?,19?,20?,21?,22-/m0/s1. The first kappa shape index (κ1) is 23.0. The number of carbonyl (C=O) groups is 1. The number of ether oxygens (including phenoxy) is 4. The van der Waals surface area contributed by atoms with E-state index in [0.29, 0.717) is 24.3 Å². The molecule has 9 nitrogen and oxygen atoms in total. The van der Waals surface area contributed by atoms with Crippen molar-refractivity contribution < 1.29 is 23.7 Å². The summed E-state index contributed by atoms with van der Waals surface area (Å²) in [4.78, 5) is 17.9. The fraction of sp³-hybridized carbons (Fsp3) is 0.957. The first-order chi connectivity index (χ1) is 15.6. The van der Waals surface area contributed by atoms with E-state index in [4.69, 9.17) is 18.9 Å². The molecule has 9 atom stereocenters. The first-order valence-electron chi connectivity index (χ1n) is 12.4. The average molecular weight is 453 g/mol. The lowest BCUT2D eigenvalue weighted by Gasteiger charge is -2.41. The van der Waals surface area contributed by atoms with Gasteiger partial charge in [0.1, 0.15) is 0 Å². The molecule has 3 aliphatic heterocycles. The highest BCUT2D eigenvalue weighted by Crippen LogP contribution is 2.42. The van der Waals surface area contributed by atoms with Crippen molar-refractivity contribution in [2.75, 3.05) is 54.1 Å². The lowest BCUT2D eigenvalue weighted by atomic mass is 9.76. The van der Waals surface area contributed by atoms with Crippen LogP contribution in [0.2, 0.25) is 0 Å². The summed E-state index contributed by atoms with van der Waals surface area (Å²) in [5, 5.41) is 7.64. The molecule has 5 fully saturated rings. The van der Waals surface area contributed by atoms with Crippen LogP contribution in [0.1, 0.15) is 32.1 Å².